The van der Waals surface area contributed by atoms with E-state index in [4.69, 9.17) is 0 Å². The fourth-order valence-corrected chi connectivity index (χ4v) is 1.80. The van der Waals surface area contributed by atoms with Gasteiger partial charge < -0.3 is 10.6 Å². The van der Waals surface area contributed by atoms with Crippen LogP contribution in [0.3, 0.4) is 0 Å². The molecule has 0 aliphatic rings. The number of hydrogen-bond donors (Lipinski definition) is 3. The predicted molar refractivity (Wildman–Crippen MR) is 74.7 cm³/mol. The average Bonchev–Trinajstić information content (AvgIpc) is 2.82. The molecule has 1 aromatic rings. The first-order chi connectivity index (χ1) is 9.61. The second kappa shape index (κ2) is 8.26. The first kappa shape index (κ1) is 16.1. The molecule has 1 aromatic heterocycles. The van der Waals surface area contributed by atoms with E-state index < -0.39 is 10.8 Å². The Morgan fingerprint density at radius 2 is 2.05 bits per heavy atom. The van der Waals surface area contributed by atoms with Crippen molar-refractivity contribution in [3.05, 3.63) is 21.5 Å². The largest absolute Gasteiger partial charge is 0.349 e. The van der Waals surface area contributed by atoms with Gasteiger partial charge in [-0.2, -0.15) is 5.10 Å². The van der Waals surface area contributed by atoms with Crippen molar-refractivity contribution in [3.8, 4) is 0 Å². The van der Waals surface area contributed by atoms with Gasteiger partial charge in [-0.1, -0.05) is 20.3 Å². The summed E-state index contributed by atoms with van der Waals surface area (Å²) < 4.78 is 0. The number of aryl methyl sites for hydroxylation is 1. The minimum atomic E-state index is -0.557. The van der Waals surface area contributed by atoms with Gasteiger partial charge in [0.1, 0.15) is 5.69 Å². The summed E-state index contributed by atoms with van der Waals surface area (Å²) in [7, 11) is 0. The third-order valence-electron chi connectivity index (χ3n) is 2.72. The lowest BCUT2D eigenvalue weighted by molar-refractivity contribution is -0.385. The molecule has 0 bridgehead atoms. The standard InChI is InChI=1S/C12H21N5O3/c1-3-5-9-11(17(19)20)10(16-15-9)12(18)14-8-7-13-6-4-2/h13H,3-8H2,1-2H3,(H,14,18)(H,15,16). The van der Waals surface area contributed by atoms with Crippen molar-refractivity contribution in [2.75, 3.05) is 19.6 Å². The van der Waals surface area contributed by atoms with Crippen LogP contribution in [0.15, 0.2) is 0 Å². The van der Waals surface area contributed by atoms with Gasteiger partial charge in [-0.3, -0.25) is 20.0 Å². The normalized spacial score (nSPS) is 10.5. The molecule has 1 heterocycles. The molecule has 0 aromatic carbocycles. The Balaban J connectivity index is 2.65. The summed E-state index contributed by atoms with van der Waals surface area (Å²) >= 11 is 0. The molecule has 0 spiro atoms. The van der Waals surface area contributed by atoms with E-state index in [1.807, 2.05) is 13.8 Å². The molecule has 0 aliphatic heterocycles. The number of H-pyrrole nitrogens is 1. The molecule has 1 amide bonds. The molecular weight excluding hydrogens is 262 g/mol. The topological polar surface area (TPSA) is 113 Å². The SMILES string of the molecule is CCCNCCNC(=O)c1n[nH]c(CCC)c1[N+](=O)[O-]. The van der Waals surface area contributed by atoms with Crippen LogP contribution in [0.4, 0.5) is 5.69 Å². The highest BCUT2D eigenvalue weighted by Crippen LogP contribution is 2.22. The van der Waals surface area contributed by atoms with Gasteiger partial charge in [-0.05, 0) is 19.4 Å². The molecule has 8 nitrogen and oxygen atoms in total. The Morgan fingerprint density at radius 1 is 1.30 bits per heavy atom. The lowest BCUT2D eigenvalue weighted by atomic mass is 10.2. The number of hydrogen-bond acceptors (Lipinski definition) is 5. The van der Waals surface area contributed by atoms with Crippen LogP contribution in [-0.2, 0) is 6.42 Å². The van der Waals surface area contributed by atoms with E-state index >= 15 is 0 Å². The molecule has 0 unspecified atom stereocenters. The Kier molecular flexibility index (Phi) is 6.65. The zero-order chi connectivity index (χ0) is 15.0. The second-order valence-electron chi connectivity index (χ2n) is 4.41. The first-order valence-electron chi connectivity index (χ1n) is 6.82. The van der Waals surface area contributed by atoms with E-state index in [1.54, 1.807) is 0 Å². The summed E-state index contributed by atoms with van der Waals surface area (Å²) in [5.74, 6) is -0.520. The van der Waals surface area contributed by atoms with E-state index in [9.17, 15) is 14.9 Å². The molecule has 8 heteroatoms. The summed E-state index contributed by atoms with van der Waals surface area (Å²) in [6.07, 6.45) is 2.25. The highest BCUT2D eigenvalue weighted by atomic mass is 16.6. The Hall–Kier alpha value is -1.96. The van der Waals surface area contributed by atoms with E-state index in [-0.39, 0.29) is 11.4 Å². The maximum atomic E-state index is 11.9. The third kappa shape index (κ3) is 4.30. The molecule has 0 atom stereocenters. The highest BCUT2D eigenvalue weighted by Gasteiger charge is 2.28. The van der Waals surface area contributed by atoms with Crippen molar-refractivity contribution >= 4 is 11.6 Å². The summed E-state index contributed by atoms with van der Waals surface area (Å²) in [5.41, 5.74) is 0.0339. The van der Waals surface area contributed by atoms with Gasteiger partial charge in [0.2, 0.25) is 5.69 Å². The maximum absolute atomic E-state index is 11.9. The van der Waals surface area contributed by atoms with Gasteiger partial charge in [0.15, 0.2) is 0 Å². The molecule has 20 heavy (non-hydrogen) atoms. The fourth-order valence-electron chi connectivity index (χ4n) is 1.80. The number of rotatable bonds is 9. The van der Waals surface area contributed by atoms with Crippen LogP contribution in [0.2, 0.25) is 0 Å². The number of carbonyl (C=O) groups is 1. The Labute approximate surface area is 117 Å². The van der Waals surface area contributed by atoms with Crippen molar-refractivity contribution < 1.29 is 9.72 Å². The van der Waals surface area contributed by atoms with Crippen LogP contribution in [0.1, 0.15) is 42.9 Å². The lowest BCUT2D eigenvalue weighted by Crippen LogP contribution is -2.32. The average molecular weight is 283 g/mol. The van der Waals surface area contributed by atoms with E-state index in [2.05, 4.69) is 20.8 Å². The van der Waals surface area contributed by atoms with Crippen molar-refractivity contribution in [3.63, 3.8) is 0 Å². The number of nitrogens with zero attached hydrogens (tertiary/aromatic N) is 2. The van der Waals surface area contributed by atoms with E-state index in [1.165, 1.54) is 0 Å². The number of nitro groups is 1. The number of amides is 1. The van der Waals surface area contributed by atoms with Crippen LogP contribution in [0, 0.1) is 10.1 Å². The second-order valence-corrected chi connectivity index (χ2v) is 4.41. The van der Waals surface area contributed by atoms with Crippen molar-refractivity contribution in [2.45, 2.75) is 33.1 Å². The first-order valence-corrected chi connectivity index (χ1v) is 6.82. The van der Waals surface area contributed by atoms with Gasteiger partial charge in [-0.15, -0.1) is 0 Å². The molecule has 1 rings (SSSR count). The molecule has 0 saturated carbocycles. The van der Waals surface area contributed by atoms with Gasteiger partial charge in [-0.25, -0.2) is 0 Å². The summed E-state index contributed by atoms with van der Waals surface area (Å²) in [5, 5.41) is 23.2. The van der Waals surface area contributed by atoms with E-state index in [0.29, 0.717) is 25.2 Å². The fraction of sp³-hybridized carbons (Fsp3) is 0.667. The van der Waals surface area contributed by atoms with Crippen molar-refractivity contribution in [2.24, 2.45) is 0 Å². The van der Waals surface area contributed by atoms with Crippen LogP contribution >= 0.6 is 0 Å². The summed E-state index contributed by atoms with van der Waals surface area (Å²) in [4.78, 5) is 22.4. The predicted octanol–water partition coefficient (Wildman–Crippen LogP) is 1.000. The van der Waals surface area contributed by atoms with Crippen molar-refractivity contribution in [1.29, 1.82) is 0 Å². The van der Waals surface area contributed by atoms with Gasteiger partial charge >= 0.3 is 5.69 Å². The Bertz CT molecular complexity index is 458. The quantitative estimate of drug-likeness (QED) is 0.355. The van der Waals surface area contributed by atoms with E-state index in [0.717, 1.165) is 19.4 Å². The van der Waals surface area contributed by atoms with Crippen molar-refractivity contribution in [1.82, 2.24) is 20.8 Å². The van der Waals surface area contributed by atoms with Crippen LogP contribution in [-0.4, -0.2) is 40.7 Å². The van der Waals surface area contributed by atoms with Crippen LogP contribution in [0.25, 0.3) is 0 Å². The van der Waals surface area contributed by atoms with Gasteiger partial charge in [0.05, 0.1) is 4.92 Å². The Morgan fingerprint density at radius 3 is 2.65 bits per heavy atom. The zero-order valence-electron chi connectivity index (χ0n) is 11.9. The van der Waals surface area contributed by atoms with Crippen LogP contribution < -0.4 is 10.6 Å². The molecule has 0 aliphatic carbocycles. The zero-order valence-corrected chi connectivity index (χ0v) is 11.9. The lowest BCUT2D eigenvalue weighted by Gasteiger charge is -2.04. The maximum Gasteiger partial charge on any atom is 0.322 e. The molecule has 0 saturated heterocycles. The minimum Gasteiger partial charge on any atom is -0.349 e. The molecular formula is C12H21N5O3. The minimum absolute atomic E-state index is 0.144. The molecule has 0 fully saturated rings. The number of aromatic nitrogens is 2. The number of carbonyl (C=O) groups excluding carboxylic acids is 1. The highest BCUT2D eigenvalue weighted by molar-refractivity contribution is 5.96. The summed E-state index contributed by atoms with van der Waals surface area (Å²) in [6.45, 7) is 5.86. The summed E-state index contributed by atoms with van der Waals surface area (Å²) in [6, 6.07) is 0. The van der Waals surface area contributed by atoms with Crippen LogP contribution in [0.5, 0.6) is 0 Å². The third-order valence-corrected chi connectivity index (χ3v) is 2.72. The monoisotopic (exact) mass is 283 g/mol. The molecule has 112 valence electrons. The molecule has 0 radical (unpaired) electrons. The number of aromatic amines is 1. The smallest absolute Gasteiger partial charge is 0.322 e. The van der Waals surface area contributed by atoms with Gasteiger partial charge in [0, 0.05) is 13.1 Å². The van der Waals surface area contributed by atoms with Gasteiger partial charge in [0.25, 0.3) is 5.91 Å². The number of nitrogens with one attached hydrogen (secondary N) is 3. The molecule has 3 N–H and O–H groups in total.